The second kappa shape index (κ2) is 12.4. The van der Waals surface area contributed by atoms with Crippen LogP contribution in [0.2, 0.25) is 5.02 Å². The Kier molecular flexibility index (Phi) is 8.86. The maximum absolute atomic E-state index is 13.1. The largest absolute Gasteiger partial charge is 0.370 e. The molecule has 0 radical (unpaired) electrons. The van der Waals surface area contributed by atoms with Crippen LogP contribution < -0.4 is 26.2 Å². The Morgan fingerprint density at radius 2 is 1.81 bits per heavy atom. The summed E-state index contributed by atoms with van der Waals surface area (Å²) in [5, 5.41) is 9.87. The van der Waals surface area contributed by atoms with Gasteiger partial charge in [-0.05, 0) is 61.7 Å². The fourth-order valence-corrected chi connectivity index (χ4v) is 7.05. The first-order valence-electron chi connectivity index (χ1n) is 13.6. The minimum atomic E-state index is -3.55. The Morgan fingerprint density at radius 1 is 1.10 bits per heavy atom. The number of likely N-dealkylation sites (tertiary alicyclic amines) is 1. The summed E-state index contributed by atoms with van der Waals surface area (Å²) in [7, 11) is 1.27. The first kappa shape index (κ1) is 30.0. The highest BCUT2D eigenvalue weighted by Gasteiger charge is 2.43. The van der Waals surface area contributed by atoms with Crippen LogP contribution in [-0.2, 0) is 18.4 Å². The molecule has 3 aromatic rings. The molecule has 13 heteroatoms. The average molecular weight is 612 g/mol. The second-order valence-corrected chi connectivity index (χ2v) is 13.2. The van der Waals surface area contributed by atoms with E-state index in [1.54, 1.807) is 24.3 Å². The minimum absolute atomic E-state index is 0.259. The van der Waals surface area contributed by atoms with Crippen molar-refractivity contribution in [3.63, 3.8) is 0 Å². The van der Waals surface area contributed by atoms with Crippen molar-refractivity contribution < 1.29 is 18.4 Å². The van der Waals surface area contributed by atoms with Crippen LogP contribution in [0.25, 0.3) is 0 Å². The standard InChI is InChI=1S/C29H35ClN7O4P/c1-5-26(38)33-23-16-20(10-11-24(23)37-14-12-29(13-15-37)18-36(2)19-29)32-28-31-17-21(30)27(35-28)34-22-8-6-7-9-25(22)42(39,40-3)41-4/h5-11,16-17H,1,12-15,18-19H2,2-4H3,(H,33,38)(H2,31,32,34,35). The van der Waals surface area contributed by atoms with Gasteiger partial charge in [0.1, 0.15) is 5.02 Å². The van der Waals surface area contributed by atoms with Gasteiger partial charge in [-0.25, -0.2) is 4.98 Å². The molecule has 2 aliphatic heterocycles. The number of nitrogens with zero attached hydrogens (tertiary/aromatic N) is 4. The van der Waals surface area contributed by atoms with Crippen LogP contribution in [0.15, 0.2) is 61.3 Å². The molecule has 1 spiro atoms. The third-order valence-corrected chi connectivity index (χ3v) is 9.97. The molecule has 2 aliphatic rings. The van der Waals surface area contributed by atoms with Crippen LogP contribution in [0, 0.1) is 5.41 Å². The first-order chi connectivity index (χ1) is 20.2. The molecule has 11 nitrogen and oxygen atoms in total. The zero-order valence-electron chi connectivity index (χ0n) is 23.9. The SMILES string of the molecule is C=CC(=O)Nc1cc(Nc2ncc(Cl)c(Nc3ccccc3P(=O)(OC)OC)n2)ccc1N1CCC2(CC1)CN(C)C2. The molecule has 0 unspecified atom stereocenters. The lowest BCUT2D eigenvalue weighted by Gasteiger charge is -2.53. The van der Waals surface area contributed by atoms with Gasteiger partial charge >= 0.3 is 7.60 Å². The van der Waals surface area contributed by atoms with E-state index in [0.717, 1.165) is 44.7 Å². The van der Waals surface area contributed by atoms with Crippen molar-refractivity contribution in [3.05, 3.63) is 66.3 Å². The van der Waals surface area contributed by atoms with Crippen LogP contribution in [-0.4, -0.2) is 68.2 Å². The van der Waals surface area contributed by atoms with Crippen molar-refractivity contribution in [1.82, 2.24) is 14.9 Å². The number of amides is 1. The Balaban J connectivity index is 1.37. The number of piperidine rings is 1. The summed E-state index contributed by atoms with van der Waals surface area (Å²) in [4.78, 5) is 25.9. The molecule has 2 aromatic carbocycles. The van der Waals surface area contributed by atoms with Crippen molar-refractivity contribution in [1.29, 1.82) is 0 Å². The van der Waals surface area contributed by atoms with Crippen molar-refractivity contribution >= 4 is 64.9 Å². The number of anilines is 6. The van der Waals surface area contributed by atoms with E-state index in [1.807, 2.05) is 18.2 Å². The lowest BCUT2D eigenvalue weighted by Crippen LogP contribution is -2.58. The van der Waals surface area contributed by atoms with E-state index in [-0.39, 0.29) is 16.9 Å². The van der Waals surface area contributed by atoms with Crippen molar-refractivity contribution in [2.24, 2.45) is 5.41 Å². The number of hydrogen-bond acceptors (Lipinski definition) is 10. The Bertz CT molecular complexity index is 1510. The summed E-state index contributed by atoms with van der Waals surface area (Å²) in [6, 6.07) is 12.7. The van der Waals surface area contributed by atoms with Gasteiger partial charge in [0.2, 0.25) is 11.9 Å². The lowest BCUT2D eigenvalue weighted by molar-refractivity contribution is -0.111. The van der Waals surface area contributed by atoms with Crippen LogP contribution >= 0.6 is 19.2 Å². The molecule has 3 heterocycles. The van der Waals surface area contributed by atoms with Gasteiger partial charge in [0.15, 0.2) is 5.82 Å². The molecule has 2 saturated heterocycles. The summed E-state index contributed by atoms with van der Waals surface area (Å²) in [6.07, 6.45) is 4.95. The maximum atomic E-state index is 13.1. The molecule has 2 fully saturated rings. The zero-order chi connectivity index (χ0) is 29.9. The molecule has 0 bridgehead atoms. The van der Waals surface area contributed by atoms with Crippen molar-refractivity contribution in [2.45, 2.75) is 12.8 Å². The molecule has 0 aliphatic carbocycles. The normalized spacial score (nSPS) is 16.5. The molecule has 3 N–H and O–H groups in total. The third-order valence-electron chi connectivity index (χ3n) is 7.75. The molecular formula is C29H35ClN7O4P. The van der Waals surface area contributed by atoms with Gasteiger partial charge in [0.25, 0.3) is 0 Å². The van der Waals surface area contributed by atoms with Gasteiger partial charge < -0.3 is 34.8 Å². The summed E-state index contributed by atoms with van der Waals surface area (Å²) in [6.45, 7) is 7.74. The lowest BCUT2D eigenvalue weighted by atomic mass is 9.72. The Labute approximate surface area is 250 Å². The fourth-order valence-electron chi connectivity index (χ4n) is 5.67. The highest BCUT2D eigenvalue weighted by Crippen LogP contribution is 2.47. The van der Waals surface area contributed by atoms with Crippen LogP contribution in [0.1, 0.15) is 12.8 Å². The third kappa shape index (κ3) is 6.30. The van der Waals surface area contributed by atoms with Gasteiger partial charge in [-0.2, -0.15) is 4.98 Å². The Morgan fingerprint density at radius 3 is 2.48 bits per heavy atom. The molecule has 42 heavy (non-hydrogen) atoms. The van der Waals surface area contributed by atoms with Gasteiger partial charge in [-0.1, -0.05) is 30.3 Å². The van der Waals surface area contributed by atoms with Gasteiger partial charge in [-0.15, -0.1) is 0 Å². The van der Waals surface area contributed by atoms with E-state index in [9.17, 15) is 9.36 Å². The molecule has 222 valence electrons. The maximum Gasteiger partial charge on any atom is 0.362 e. The number of aromatic nitrogens is 2. The highest BCUT2D eigenvalue weighted by atomic mass is 35.5. The highest BCUT2D eigenvalue weighted by molar-refractivity contribution is 7.62. The monoisotopic (exact) mass is 611 g/mol. The zero-order valence-corrected chi connectivity index (χ0v) is 25.5. The topological polar surface area (TPSA) is 121 Å². The molecule has 0 atom stereocenters. The van der Waals surface area contributed by atoms with Gasteiger partial charge in [0, 0.05) is 46.1 Å². The van der Waals surface area contributed by atoms with E-state index in [0.29, 0.717) is 33.6 Å². The number of carbonyl (C=O) groups is 1. The van der Waals surface area contributed by atoms with E-state index < -0.39 is 7.60 Å². The number of halogens is 1. The van der Waals surface area contributed by atoms with E-state index in [4.69, 9.17) is 20.6 Å². The Hall–Kier alpha value is -3.47. The van der Waals surface area contributed by atoms with Crippen LogP contribution in [0.4, 0.5) is 34.5 Å². The summed E-state index contributed by atoms with van der Waals surface area (Å²) >= 11 is 6.42. The van der Waals surface area contributed by atoms with E-state index >= 15 is 0 Å². The number of carbonyl (C=O) groups excluding carboxylic acids is 1. The smallest absolute Gasteiger partial charge is 0.362 e. The number of hydrogen-bond donors (Lipinski definition) is 3. The van der Waals surface area contributed by atoms with Crippen LogP contribution in [0.5, 0.6) is 0 Å². The number of rotatable bonds is 10. The quantitative estimate of drug-likeness (QED) is 0.203. The van der Waals surface area contributed by atoms with Crippen molar-refractivity contribution in [2.75, 3.05) is 68.3 Å². The molecule has 1 aromatic heterocycles. The van der Waals surface area contributed by atoms with E-state index in [1.165, 1.54) is 26.5 Å². The molecule has 5 rings (SSSR count). The number of nitrogens with one attached hydrogen (secondary N) is 3. The number of benzene rings is 2. The minimum Gasteiger partial charge on any atom is -0.370 e. The fraction of sp³-hybridized carbons (Fsp3) is 0.345. The predicted octanol–water partition coefficient (Wildman–Crippen LogP) is 5.38. The van der Waals surface area contributed by atoms with E-state index in [2.05, 4.69) is 49.3 Å². The molecule has 0 saturated carbocycles. The second-order valence-electron chi connectivity index (χ2n) is 10.6. The molecular weight excluding hydrogens is 577 g/mol. The molecule has 1 amide bonds. The first-order valence-corrected chi connectivity index (χ1v) is 15.5. The predicted molar refractivity (Wildman–Crippen MR) is 168 cm³/mol. The summed E-state index contributed by atoms with van der Waals surface area (Å²) < 4.78 is 23.5. The average Bonchev–Trinajstić information content (AvgIpc) is 2.98. The van der Waals surface area contributed by atoms with Gasteiger partial charge in [-0.3, -0.25) is 9.36 Å². The number of para-hydroxylation sites is 1. The van der Waals surface area contributed by atoms with Crippen LogP contribution in [0.3, 0.4) is 0 Å². The van der Waals surface area contributed by atoms with Crippen molar-refractivity contribution in [3.8, 4) is 0 Å². The summed E-state index contributed by atoms with van der Waals surface area (Å²) in [5.74, 6) is 0.268. The van der Waals surface area contributed by atoms with Gasteiger partial charge in [0.05, 0.1) is 28.6 Å². The summed E-state index contributed by atoms with van der Waals surface area (Å²) in [5.41, 5.74) is 3.17.